The maximum atomic E-state index is 6.96. The number of aryl methyl sites for hydroxylation is 1. The summed E-state index contributed by atoms with van der Waals surface area (Å²) in [4.78, 5) is 6.28. The fourth-order valence-corrected chi connectivity index (χ4v) is 5.64. The van der Waals surface area contributed by atoms with E-state index in [9.17, 15) is 0 Å². The number of fused-ring (bicyclic) bond motifs is 3. The number of hydrogen-bond acceptors (Lipinski definition) is 6. The summed E-state index contributed by atoms with van der Waals surface area (Å²) in [6, 6.07) is 15.0. The molecular weight excluding hydrogens is 498 g/mol. The summed E-state index contributed by atoms with van der Waals surface area (Å²) in [5.74, 6) is 1.84. The van der Waals surface area contributed by atoms with Crippen LogP contribution < -0.4 is 10.3 Å². The zero-order valence-electron chi connectivity index (χ0n) is 21.8. The number of aromatic nitrogens is 1. The summed E-state index contributed by atoms with van der Waals surface area (Å²) in [5, 5.41) is 12.8. The highest BCUT2D eigenvalue weighted by Crippen LogP contribution is 2.45. The lowest BCUT2D eigenvalue weighted by atomic mass is 9.83. The molecule has 1 aromatic heterocycles. The van der Waals surface area contributed by atoms with E-state index < -0.39 is 0 Å². The van der Waals surface area contributed by atoms with Gasteiger partial charge in [0.05, 0.1) is 26.0 Å². The number of allylic oxidation sites excluding steroid dienone is 2. The minimum absolute atomic E-state index is 0.117. The number of ether oxygens (including phenoxy) is 2. The normalized spacial score (nSPS) is 19.2. The van der Waals surface area contributed by atoms with Crippen molar-refractivity contribution in [3.05, 3.63) is 88.0 Å². The zero-order valence-corrected chi connectivity index (χ0v) is 22.6. The highest BCUT2D eigenvalue weighted by Gasteiger charge is 2.37. The van der Waals surface area contributed by atoms with E-state index >= 15 is 0 Å². The number of H-pyrrole nitrogens is 1. The van der Waals surface area contributed by atoms with Gasteiger partial charge in [0, 0.05) is 65.4 Å². The topological polar surface area (TPSA) is 85.7 Å². The van der Waals surface area contributed by atoms with E-state index in [4.69, 9.17) is 26.5 Å². The van der Waals surface area contributed by atoms with Crippen LogP contribution in [0.1, 0.15) is 35.7 Å². The molecule has 0 amide bonds. The summed E-state index contributed by atoms with van der Waals surface area (Å²) in [5.41, 5.74) is 9.11. The van der Waals surface area contributed by atoms with Gasteiger partial charge in [-0.15, -0.1) is 0 Å². The van der Waals surface area contributed by atoms with Crippen LogP contribution in [0.15, 0.2) is 71.2 Å². The van der Waals surface area contributed by atoms with Crippen molar-refractivity contribution in [3.8, 4) is 0 Å². The maximum absolute atomic E-state index is 6.96. The lowest BCUT2D eigenvalue weighted by Gasteiger charge is -2.42. The SMILES string of the molecule is COC1=C(OCCCN/N=C\C=N)C=CC(C2c3[nH]c4ccc(Cl)cc4c3CCN2c2ccc(C)cc2)C1. The van der Waals surface area contributed by atoms with Crippen molar-refractivity contribution >= 4 is 40.6 Å². The third-order valence-electron chi connectivity index (χ3n) is 7.27. The molecule has 2 unspecified atom stereocenters. The summed E-state index contributed by atoms with van der Waals surface area (Å²) < 4.78 is 11.9. The van der Waals surface area contributed by atoms with Crippen molar-refractivity contribution in [3.63, 3.8) is 0 Å². The van der Waals surface area contributed by atoms with Crippen LogP contribution >= 0.6 is 11.6 Å². The predicted octanol–water partition coefficient (Wildman–Crippen LogP) is 6.30. The van der Waals surface area contributed by atoms with Crippen LogP contribution in [0.4, 0.5) is 5.69 Å². The van der Waals surface area contributed by atoms with Crippen LogP contribution in [0, 0.1) is 18.3 Å². The van der Waals surface area contributed by atoms with Gasteiger partial charge in [0.1, 0.15) is 5.76 Å². The third-order valence-corrected chi connectivity index (χ3v) is 7.51. The van der Waals surface area contributed by atoms with Gasteiger partial charge in [0.2, 0.25) is 0 Å². The van der Waals surface area contributed by atoms with Crippen LogP contribution in [-0.4, -0.2) is 44.2 Å². The number of halogens is 1. The first-order valence-corrected chi connectivity index (χ1v) is 13.4. The molecule has 38 heavy (non-hydrogen) atoms. The fraction of sp³-hybridized carbons (Fsp3) is 0.333. The average Bonchev–Trinajstić information content (AvgIpc) is 3.30. The minimum atomic E-state index is 0.117. The van der Waals surface area contributed by atoms with Gasteiger partial charge in [0.25, 0.3) is 0 Å². The Hall–Kier alpha value is -3.71. The van der Waals surface area contributed by atoms with Crippen molar-refractivity contribution in [1.29, 1.82) is 5.41 Å². The first-order valence-electron chi connectivity index (χ1n) is 13.1. The lowest BCUT2D eigenvalue weighted by Crippen LogP contribution is -2.39. The molecule has 5 rings (SSSR count). The van der Waals surface area contributed by atoms with Crippen LogP contribution in [0.5, 0.6) is 0 Å². The molecule has 2 atom stereocenters. The smallest absolute Gasteiger partial charge is 0.156 e. The van der Waals surface area contributed by atoms with Gasteiger partial charge < -0.3 is 30.2 Å². The highest BCUT2D eigenvalue weighted by atomic mass is 35.5. The second-order valence-electron chi connectivity index (χ2n) is 9.70. The first kappa shape index (κ1) is 25.9. The average molecular weight is 532 g/mol. The molecule has 3 aromatic rings. The van der Waals surface area contributed by atoms with Crippen molar-refractivity contribution in [2.45, 2.75) is 32.2 Å². The largest absolute Gasteiger partial charge is 0.497 e. The van der Waals surface area contributed by atoms with Crippen LogP contribution in [0.3, 0.4) is 0 Å². The standard InChI is InChI=1S/C30H34ClN5O2/c1-20-4-8-23(9-5-20)36-16-12-24-25-19-22(31)7-10-26(25)35-29(24)30(36)21-6-11-27(28(18-21)37-2)38-17-3-14-33-34-15-13-32/h4-11,13,15,19,21,30,32-33,35H,3,12,14,16-18H2,1-2H3/b32-13?,34-15-. The quantitative estimate of drug-likeness (QED) is 0.163. The second-order valence-corrected chi connectivity index (χ2v) is 10.1. The molecule has 7 nitrogen and oxygen atoms in total. The molecule has 2 aromatic carbocycles. The van der Waals surface area contributed by atoms with Crippen LogP contribution in [-0.2, 0) is 15.9 Å². The summed E-state index contributed by atoms with van der Waals surface area (Å²) in [6.45, 7) is 4.27. The third kappa shape index (κ3) is 5.43. The number of hydrazone groups is 1. The van der Waals surface area contributed by atoms with E-state index in [1.807, 2.05) is 6.07 Å². The van der Waals surface area contributed by atoms with Crippen molar-refractivity contribution < 1.29 is 9.47 Å². The van der Waals surface area contributed by atoms with E-state index in [1.54, 1.807) is 7.11 Å². The molecule has 2 heterocycles. The number of benzene rings is 2. The molecular formula is C30H34ClN5O2. The molecule has 0 saturated heterocycles. The Morgan fingerprint density at radius 3 is 2.87 bits per heavy atom. The van der Waals surface area contributed by atoms with Crippen LogP contribution in [0.2, 0.25) is 5.02 Å². The van der Waals surface area contributed by atoms with Gasteiger partial charge in [-0.3, -0.25) is 0 Å². The van der Waals surface area contributed by atoms with Crippen LogP contribution in [0.25, 0.3) is 10.9 Å². The van der Waals surface area contributed by atoms with Crippen molar-refractivity contribution in [1.82, 2.24) is 10.4 Å². The Bertz CT molecular complexity index is 1380. The van der Waals surface area contributed by atoms with Gasteiger partial charge in [-0.2, -0.15) is 5.10 Å². The predicted molar refractivity (Wildman–Crippen MR) is 155 cm³/mol. The molecule has 0 saturated carbocycles. The van der Waals surface area contributed by atoms with Gasteiger partial charge in [-0.25, -0.2) is 0 Å². The molecule has 0 radical (unpaired) electrons. The fourth-order valence-electron chi connectivity index (χ4n) is 5.46. The summed E-state index contributed by atoms with van der Waals surface area (Å²) in [6.07, 6.45) is 9.37. The Morgan fingerprint density at radius 2 is 2.08 bits per heavy atom. The molecule has 198 valence electrons. The monoisotopic (exact) mass is 531 g/mol. The summed E-state index contributed by atoms with van der Waals surface area (Å²) >= 11 is 6.39. The Labute approximate surface area is 228 Å². The molecule has 8 heteroatoms. The van der Waals surface area contributed by atoms with E-state index in [-0.39, 0.29) is 12.0 Å². The number of rotatable bonds is 10. The minimum Gasteiger partial charge on any atom is -0.497 e. The van der Waals surface area contributed by atoms with Gasteiger partial charge >= 0.3 is 0 Å². The lowest BCUT2D eigenvalue weighted by molar-refractivity contribution is 0.169. The number of nitrogens with one attached hydrogen (secondary N) is 3. The second kappa shape index (κ2) is 11.8. The van der Waals surface area contributed by atoms with E-state index in [0.717, 1.165) is 54.1 Å². The van der Waals surface area contributed by atoms with E-state index in [2.05, 4.69) is 75.9 Å². The Kier molecular flexibility index (Phi) is 8.03. The number of anilines is 1. The zero-order chi connectivity index (χ0) is 26.5. The molecule has 1 aliphatic heterocycles. The number of methoxy groups -OCH3 is 1. The summed E-state index contributed by atoms with van der Waals surface area (Å²) in [7, 11) is 1.72. The Balaban J connectivity index is 1.41. The number of hydrogen-bond donors (Lipinski definition) is 3. The van der Waals surface area contributed by atoms with Gasteiger partial charge in [-0.05, 0) is 55.3 Å². The Morgan fingerprint density at radius 1 is 1.24 bits per heavy atom. The molecule has 1 aliphatic carbocycles. The highest BCUT2D eigenvalue weighted by molar-refractivity contribution is 6.31. The van der Waals surface area contributed by atoms with Crippen molar-refractivity contribution in [2.24, 2.45) is 11.0 Å². The maximum Gasteiger partial charge on any atom is 0.156 e. The molecule has 2 aliphatic rings. The molecule has 0 bridgehead atoms. The molecule has 0 fully saturated rings. The van der Waals surface area contributed by atoms with E-state index in [1.165, 1.54) is 34.1 Å². The number of nitrogens with zero attached hydrogens (tertiary/aromatic N) is 2. The van der Waals surface area contributed by atoms with Gasteiger partial charge in [0.15, 0.2) is 5.76 Å². The molecule has 0 spiro atoms. The van der Waals surface area contributed by atoms with Crippen molar-refractivity contribution in [2.75, 3.05) is 31.7 Å². The first-order chi connectivity index (χ1) is 18.6. The van der Waals surface area contributed by atoms with Gasteiger partial charge in [-0.1, -0.05) is 35.4 Å². The van der Waals surface area contributed by atoms with E-state index in [0.29, 0.717) is 13.2 Å². The number of aromatic amines is 1. The molecule has 3 N–H and O–H groups in total.